The number of pyridine rings is 1. The smallest absolute Gasteiger partial charge is 0.154 e. The van der Waals surface area contributed by atoms with Crippen LogP contribution in [0.3, 0.4) is 0 Å². The van der Waals surface area contributed by atoms with Crippen molar-refractivity contribution in [1.29, 1.82) is 0 Å². The Hall–Kier alpha value is -1.18. The van der Waals surface area contributed by atoms with E-state index in [0.717, 1.165) is 22.6 Å². The first-order valence-electron chi connectivity index (χ1n) is 6.71. The number of hydrogen-bond donors (Lipinski definition) is 2. The summed E-state index contributed by atoms with van der Waals surface area (Å²) >= 11 is 0. The van der Waals surface area contributed by atoms with Gasteiger partial charge in [-0.25, -0.2) is 8.42 Å². The lowest BCUT2D eigenvalue weighted by Gasteiger charge is -2.32. The maximum absolute atomic E-state index is 12.0. The van der Waals surface area contributed by atoms with Crippen molar-refractivity contribution in [3.8, 4) is 5.75 Å². The van der Waals surface area contributed by atoms with Crippen molar-refractivity contribution < 1.29 is 13.2 Å². The van der Waals surface area contributed by atoms with E-state index in [1.807, 2.05) is 13.8 Å². The van der Waals surface area contributed by atoms with Gasteiger partial charge < -0.3 is 4.74 Å². The fourth-order valence-corrected chi connectivity index (χ4v) is 2.90. The predicted molar refractivity (Wildman–Crippen MR) is 84.0 cm³/mol. The maximum Gasteiger partial charge on any atom is 0.154 e. The number of hydrogen-bond acceptors (Lipinski definition) is 6. The Balaban J connectivity index is 3.20. The van der Waals surface area contributed by atoms with Gasteiger partial charge in [0.15, 0.2) is 9.84 Å². The Morgan fingerprint density at radius 2 is 2.00 bits per heavy atom. The zero-order chi connectivity index (χ0) is 16.4. The molecule has 0 amide bonds. The quantitative estimate of drug-likeness (QED) is 0.598. The predicted octanol–water partition coefficient (Wildman–Crippen LogP) is 0.905. The van der Waals surface area contributed by atoms with Gasteiger partial charge in [0, 0.05) is 41.7 Å². The molecule has 6 nitrogen and oxygen atoms in total. The van der Waals surface area contributed by atoms with Gasteiger partial charge >= 0.3 is 0 Å². The number of aromatic nitrogens is 1. The summed E-state index contributed by atoms with van der Waals surface area (Å²) in [6.45, 7) is 7.15. The van der Waals surface area contributed by atoms with E-state index in [-0.39, 0.29) is 0 Å². The molecule has 1 heterocycles. The minimum Gasteiger partial charge on any atom is -0.496 e. The molecule has 1 rings (SSSR count). The molecule has 7 heteroatoms. The molecule has 120 valence electrons. The summed E-state index contributed by atoms with van der Waals surface area (Å²) in [7, 11) is -1.66. The zero-order valence-corrected chi connectivity index (χ0v) is 14.3. The zero-order valence-electron chi connectivity index (χ0n) is 13.5. The molecule has 0 saturated carbocycles. The summed E-state index contributed by atoms with van der Waals surface area (Å²) in [5, 5.41) is 0. The monoisotopic (exact) mass is 315 g/mol. The first-order chi connectivity index (χ1) is 9.56. The molecule has 0 fully saturated rings. The molecule has 0 aliphatic rings. The van der Waals surface area contributed by atoms with Crippen molar-refractivity contribution in [3.05, 3.63) is 23.0 Å². The number of nitrogens with two attached hydrogens (primary N) is 1. The number of sulfone groups is 1. The fourth-order valence-electron chi connectivity index (χ4n) is 2.23. The van der Waals surface area contributed by atoms with Crippen LogP contribution >= 0.6 is 0 Å². The molecule has 21 heavy (non-hydrogen) atoms. The molecular weight excluding hydrogens is 290 g/mol. The molecule has 1 atom stereocenters. The SMILES string of the molecule is COc1c(C)cnc(CC(NN)C(C)(C)S(C)(=O)=O)c1C. The van der Waals surface area contributed by atoms with Crippen LogP contribution in [0.15, 0.2) is 6.20 Å². The van der Waals surface area contributed by atoms with Crippen LogP contribution < -0.4 is 16.0 Å². The highest BCUT2D eigenvalue weighted by Gasteiger charge is 2.39. The highest BCUT2D eigenvalue weighted by Crippen LogP contribution is 2.28. The second kappa shape index (κ2) is 6.29. The summed E-state index contributed by atoms with van der Waals surface area (Å²) in [6, 6.07) is -0.453. The van der Waals surface area contributed by atoms with Gasteiger partial charge in [-0.15, -0.1) is 0 Å². The number of nitrogens with zero attached hydrogens (tertiary/aromatic N) is 1. The molecule has 0 aliphatic heterocycles. The molecule has 0 saturated heterocycles. The Kier molecular flexibility index (Phi) is 5.35. The summed E-state index contributed by atoms with van der Waals surface area (Å²) in [5.74, 6) is 6.35. The first kappa shape index (κ1) is 17.9. The van der Waals surface area contributed by atoms with Crippen LogP contribution in [-0.2, 0) is 16.3 Å². The summed E-state index contributed by atoms with van der Waals surface area (Å²) in [5.41, 5.74) is 5.24. The van der Waals surface area contributed by atoms with Gasteiger partial charge in [0.2, 0.25) is 0 Å². The number of rotatable bonds is 6. The number of methoxy groups -OCH3 is 1. The van der Waals surface area contributed by atoms with Crippen molar-refractivity contribution in [2.24, 2.45) is 5.84 Å². The van der Waals surface area contributed by atoms with Crippen molar-refractivity contribution in [2.75, 3.05) is 13.4 Å². The first-order valence-corrected chi connectivity index (χ1v) is 8.60. The Morgan fingerprint density at radius 3 is 2.43 bits per heavy atom. The minimum atomic E-state index is -3.27. The standard InChI is InChI=1S/C14H25N3O3S/c1-9-8-16-11(10(2)13(9)20-5)7-12(17-15)14(3,4)21(6,18)19/h8,12,17H,7,15H2,1-6H3. The molecule has 1 unspecified atom stereocenters. The molecular formula is C14H25N3O3S. The average molecular weight is 315 g/mol. The van der Waals surface area contributed by atoms with Crippen LogP contribution in [0.4, 0.5) is 0 Å². The van der Waals surface area contributed by atoms with E-state index in [9.17, 15) is 8.42 Å². The van der Waals surface area contributed by atoms with Gasteiger partial charge in [-0.1, -0.05) is 0 Å². The lowest BCUT2D eigenvalue weighted by molar-refractivity contribution is 0.397. The van der Waals surface area contributed by atoms with Gasteiger partial charge in [0.05, 0.1) is 11.9 Å². The maximum atomic E-state index is 12.0. The summed E-state index contributed by atoms with van der Waals surface area (Å²) in [6.07, 6.45) is 3.34. The van der Waals surface area contributed by atoms with Gasteiger partial charge in [0.1, 0.15) is 5.75 Å². The molecule has 1 aromatic rings. The van der Waals surface area contributed by atoms with E-state index < -0.39 is 20.6 Å². The lowest BCUT2D eigenvalue weighted by atomic mass is 9.96. The molecule has 0 spiro atoms. The second-order valence-corrected chi connectivity index (χ2v) is 8.44. The average Bonchev–Trinajstić information content (AvgIpc) is 2.37. The minimum absolute atomic E-state index is 0.402. The molecule has 0 aliphatic carbocycles. The highest BCUT2D eigenvalue weighted by atomic mass is 32.2. The van der Waals surface area contributed by atoms with Crippen LogP contribution in [0.5, 0.6) is 5.75 Å². The number of hydrazine groups is 1. The molecule has 0 aromatic carbocycles. The van der Waals surface area contributed by atoms with Crippen LogP contribution in [0.2, 0.25) is 0 Å². The van der Waals surface area contributed by atoms with Crippen molar-refractivity contribution in [2.45, 2.75) is 44.9 Å². The Bertz CT molecular complexity index is 612. The van der Waals surface area contributed by atoms with Crippen LogP contribution in [-0.4, -0.2) is 37.6 Å². The Morgan fingerprint density at radius 1 is 1.43 bits per heavy atom. The summed E-state index contributed by atoms with van der Waals surface area (Å²) < 4.78 is 28.3. The third-order valence-electron chi connectivity index (χ3n) is 4.14. The second-order valence-electron chi connectivity index (χ2n) is 5.85. The van der Waals surface area contributed by atoms with Crippen LogP contribution in [0.25, 0.3) is 0 Å². The molecule has 3 N–H and O–H groups in total. The van der Waals surface area contributed by atoms with Crippen molar-refractivity contribution in [1.82, 2.24) is 10.4 Å². The van der Waals surface area contributed by atoms with Gasteiger partial charge in [-0.05, 0) is 27.7 Å². The van der Waals surface area contributed by atoms with E-state index >= 15 is 0 Å². The van der Waals surface area contributed by atoms with Crippen molar-refractivity contribution in [3.63, 3.8) is 0 Å². The lowest BCUT2D eigenvalue weighted by Crippen LogP contribution is -2.55. The number of nitrogens with one attached hydrogen (secondary N) is 1. The normalized spacial score (nSPS) is 14.0. The van der Waals surface area contributed by atoms with E-state index in [0.29, 0.717) is 6.42 Å². The van der Waals surface area contributed by atoms with E-state index in [2.05, 4.69) is 10.4 Å². The third kappa shape index (κ3) is 3.53. The van der Waals surface area contributed by atoms with E-state index in [1.54, 1.807) is 27.2 Å². The van der Waals surface area contributed by atoms with Gasteiger partial charge in [0.25, 0.3) is 0 Å². The van der Waals surface area contributed by atoms with Gasteiger partial charge in [-0.2, -0.15) is 0 Å². The van der Waals surface area contributed by atoms with Gasteiger partial charge in [-0.3, -0.25) is 16.3 Å². The van der Waals surface area contributed by atoms with Crippen LogP contribution in [0.1, 0.15) is 30.7 Å². The fraction of sp³-hybridized carbons (Fsp3) is 0.643. The number of ether oxygens (including phenoxy) is 1. The molecule has 0 radical (unpaired) electrons. The third-order valence-corrected chi connectivity index (χ3v) is 6.34. The Labute approximate surface area is 127 Å². The summed E-state index contributed by atoms with van der Waals surface area (Å²) in [4.78, 5) is 4.40. The molecule has 1 aromatic heterocycles. The highest BCUT2D eigenvalue weighted by molar-refractivity contribution is 7.92. The van der Waals surface area contributed by atoms with E-state index in [1.165, 1.54) is 6.26 Å². The van der Waals surface area contributed by atoms with Crippen LogP contribution in [0, 0.1) is 13.8 Å². The van der Waals surface area contributed by atoms with E-state index in [4.69, 9.17) is 10.6 Å². The largest absolute Gasteiger partial charge is 0.496 e. The van der Waals surface area contributed by atoms with Crippen molar-refractivity contribution >= 4 is 9.84 Å². The topological polar surface area (TPSA) is 94.3 Å². The molecule has 0 bridgehead atoms. The number of aryl methyl sites for hydroxylation is 1.